The van der Waals surface area contributed by atoms with Crippen LogP contribution in [0.15, 0.2) is 24.3 Å². The van der Waals surface area contributed by atoms with Crippen LogP contribution in [-0.2, 0) is 29.9 Å². The van der Waals surface area contributed by atoms with Gasteiger partial charge in [-0.3, -0.25) is 28.5 Å². The van der Waals surface area contributed by atoms with Crippen LogP contribution < -0.4 is 0 Å². The molecule has 3 atom stereocenters. The Morgan fingerprint density at radius 1 is 0.800 bits per heavy atom. The van der Waals surface area contributed by atoms with Crippen molar-refractivity contribution in [3.63, 3.8) is 0 Å². The fraction of sp³-hybridized carbons (Fsp3) is 0.471. The Balaban J connectivity index is 3.44. The topological polar surface area (TPSA) is 274 Å². The number of benzene rings is 1. The van der Waals surface area contributed by atoms with Crippen LogP contribution in [0.2, 0.25) is 0 Å². The number of nitrogens with zero attached hydrogens (tertiary/aromatic N) is 2. The van der Waals surface area contributed by atoms with Crippen molar-refractivity contribution in [1.82, 2.24) is 9.80 Å². The molecule has 0 aliphatic carbocycles. The number of phenols is 1. The van der Waals surface area contributed by atoms with Gasteiger partial charge in [-0.1, -0.05) is 12.1 Å². The smallest absolute Gasteiger partial charge is 0.339 e. The Bertz CT molecular complexity index is 967. The maximum absolute atomic E-state index is 12.1. The first kappa shape index (κ1) is 30.6. The first-order chi connectivity index (χ1) is 15.9. The van der Waals surface area contributed by atoms with Crippen LogP contribution in [0.25, 0.3) is 0 Å². The van der Waals surface area contributed by atoms with Gasteiger partial charge in [0.2, 0.25) is 0 Å². The van der Waals surface area contributed by atoms with Gasteiger partial charge in [-0.25, -0.2) is 4.79 Å². The molecule has 198 valence electrons. The van der Waals surface area contributed by atoms with Gasteiger partial charge in [0.1, 0.15) is 30.4 Å². The Hall–Kier alpha value is -2.39. The number of aromatic hydroxyl groups is 1. The van der Waals surface area contributed by atoms with Crippen LogP contribution >= 0.6 is 15.2 Å². The molecule has 1 aromatic rings. The fourth-order valence-electron chi connectivity index (χ4n) is 3.25. The van der Waals surface area contributed by atoms with E-state index >= 15 is 0 Å². The van der Waals surface area contributed by atoms with Crippen LogP contribution in [0.5, 0.6) is 5.75 Å². The van der Waals surface area contributed by atoms with E-state index in [-0.39, 0.29) is 11.3 Å². The molecule has 0 radical (unpaired) electrons. The van der Waals surface area contributed by atoms with E-state index in [1.807, 2.05) is 0 Å². The molecule has 0 bridgehead atoms. The zero-order chi connectivity index (χ0) is 27.1. The Labute approximate surface area is 198 Å². The summed E-state index contributed by atoms with van der Waals surface area (Å²) in [6.07, 6.45) is -5.45. The van der Waals surface area contributed by atoms with Gasteiger partial charge in [-0.2, -0.15) is 0 Å². The number of aliphatic hydroxyl groups is 1. The summed E-state index contributed by atoms with van der Waals surface area (Å²) in [6, 6.07) is 0.850. The molecule has 9 N–H and O–H groups in total. The average Bonchev–Trinajstić information content (AvgIpc) is 2.67. The van der Waals surface area contributed by atoms with Crippen molar-refractivity contribution in [1.29, 1.82) is 0 Å². The molecule has 35 heavy (non-hydrogen) atoms. The van der Waals surface area contributed by atoms with Crippen LogP contribution in [0.4, 0.5) is 0 Å². The highest BCUT2D eigenvalue weighted by atomic mass is 31.2. The minimum Gasteiger partial charge on any atom is -0.508 e. The van der Waals surface area contributed by atoms with Crippen molar-refractivity contribution in [2.75, 3.05) is 25.7 Å². The zero-order valence-corrected chi connectivity index (χ0v) is 19.7. The first-order valence-electron chi connectivity index (χ1n) is 9.63. The van der Waals surface area contributed by atoms with Crippen molar-refractivity contribution < 1.29 is 68.6 Å². The van der Waals surface area contributed by atoms with E-state index in [2.05, 4.69) is 0 Å². The van der Waals surface area contributed by atoms with Crippen LogP contribution in [0.3, 0.4) is 0 Å². The summed E-state index contributed by atoms with van der Waals surface area (Å²) in [4.78, 5) is 73.2. The largest absolute Gasteiger partial charge is 0.508 e. The lowest BCUT2D eigenvalue weighted by atomic mass is 10.00. The number of phenolic OH excluding ortho intramolecular Hbond substituents is 1. The molecular weight excluding hydrogens is 518 g/mol. The van der Waals surface area contributed by atoms with Gasteiger partial charge in [0.15, 0.2) is 6.10 Å². The van der Waals surface area contributed by atoms with Gasteiger partial charge in [-0.15, -0.1) is 0 Å². The molecule has 0 saturated carbocycles. The third-order valence-electron chi connectivity index (χ3n) is 4.66. The number of hydrogen-bond acceptors (Lipinski definition) is 9. The number of carboxylic acid groups (broad SMARTS) is 3. The molecule has 3 unspecified atom stereocenters. The molecule has 0 saturated heterocycles. The van der Waals surface area contributed by atoms with E-state index in [1.165, 1.54) is 24.3 Å². The van der Waals surface area contributed by atoms with E-state index in [9.17, 15) is 63.5 Å². The molecule has 0 fully saturated rings. The summed E-state index contributed by atoms with van der Waals surface area (Å²) in [5, 5.41) is 47.9. The lowest BCUT2D eigenvalue weighted by Crippen LogP contribution is -2.59. The van der Waals surface area contributed by atoms with E-state index < -0.39 is 83.4 Å². The second-order valence-corrected chi connectivity index (χ2v) is 10.8. The van der Waals surface area contributed by atoms with Crippen molar-refractivity contribution in [3.05, 3.63) is 29.8 Å². The third kappa shape index (κ3) is 10.8. The molecule has 16 nitrogen and oxygen atoms in total. The number of carbonyl (C=O) groups is 3. The summed E-state index contributed by atoms with van der Waals surface area (Å²) in [5.74, 6) is -5.75. The highest BCUT2D eigenvalue weighted by Gasteiger charge is 2.43. The predicted octanol–water partition coefficient (Wildman–Crippen LogP) is -1.84. The van der Waals surface area contributed by atoms with Crippen LogP contribution in [-0.4, -0.2) is 117 Å². The molecule has 0 amide bonds. The number of hydrogen-bond donors (Lipinski definition) is 9. The van der Waals surface area contributed by atoms with E-state index in [1.54, 1.807) is 0 Å². The minimum absolute atomic E-state index is 0.160. The normalized spacial score (nSPS) is 15.1. The molecular formula is C17H26N2O14P2. The maximum Gasteiger partial charge on any atom is 0.339 e. The number of aliphatic carboxylic acids is 3. The number of rotatable bonds is 15. The zero-order valence-electron chi connectivity index (χ0n) is 17.9. The highest BCUT2D eigenvalue weighted by Crippen LogP contribution is 2.40. The second-order valence-electron chi connectivity index (χ2n) is 7.54. The summed E-state index contributed by atoms with van der Waals surface area (Å²) < 4.78 is 22.8. The fourth-order valence-corrected chi connectivity index (χ4v) is 4.93. The first-order valence-corrected chi connectivity index (χ1v) is 13.2. The van der Waals surface area contributed by atoms with Crippen molar-refractivity contribution in [3.8, 4) is 5.75 Å². The average molecular weight is 544 g/mol. The molecule has 0 spiro atoms. The summed E-state index contributed by atoms with van der Waals surface area (Å²) >= 11 is 0. The van der Waals surface area contributed by atoms with E-state index in [0.717, 1.165) is 0 Å². The number of carboxylic acids is 3. The summed E-state index contributed by atoms with van der Waals surface area (Å²) in [5.41, 5.74) is 0.261. The van der Waals surface area contributed by atoms with Gasteiger partial charge in [0.25, 0.3) is 0 Å². The van der Waals surface area contributed by atoms with Gasteiger partial charge in [-0.05, 0) is 24.1 Å². The van der Waals surface area contributed by atoms with Crippen molar-refractivity contribution in [2.24, 2.45) is 0 Å². The van der Waals surface area contributed by atoms with Crippen LogP contribution in [0.1, 0.15) is 5.56 Å². The lowest BCUT2D eigenvalue weighted by Gasteiger charge is -2.36. The minimum atomic E-state index is -4.88. The Kier molecular flexibility index (Phi) is 11.0. The molecule has 0 aromatic heterocycles. The summed E-state index contributed by atoms with van der Waals surface area (Å²) in [6.45, 7) is -1.50. The third-order valence-corrected chi connectivity index (χ3v) is 6.19. The molecule has 0 aliphatic heterocycles. The monoisotopic (exact) mass is 544 g/mol. The van der Waals surface area contributed by atoms with Crippen molar-refractivity contribution >= 4 is 33.1 Å². The van der Waals surface area contributed by atoms with E-state index in [0.29, 0.717) is 9.80 Å². The lowest BCUT2D eigenvalue weighted by molar-refractivity contribution is -0.166. The molecule has 1 rings (SSSR count). The van der Waals surface area contributed by atoms with Crippen molar-refractivity contribution in [2.45, 2.75) is 24.6 Å². The highest BCUT2D eigenvalue weighted by molar-refractivity contribution is 7.52. The predicted molar refractivity (Wildman–Crippen MR) is 116 cm³/mol. The summed E-state index contributed by atoms with van der Waals surface area (Å²) in [7, 11) is -9.77. The SMILES string of the molecule is O=C(O)C(O)C(C(=O)O)N(CCN(CP(=O)(O)O)CP(=O)(O)O)C(Cc1ccc(O)cc1)C(=O)O. The molecule has 1 aromatic carbocycles. The van der Waals surface area contributed by atoms with Gasteiger partial charge in [0, 0.05) is 13.1 Å². The Morgan fingerprint density at radius 2 is 1.29 bits per heavy atom. The van der Waals surface area contributed by atoms with Gasteiger partial charge < -0.3 is 45.1 Å². The quantitative estimate of drug-likeness (QED) is 0.110. The molecule has 18 heteroatoms. The Morgan fingerprint density at radius 3 is 1.66 bits per heavy atom. The second kappa shape index (κ2) is 12.5. The van der Waals surface area contributed by atoms with E-state index in [4.69, 9.17) is 5.11 Å². The molecule has 0 aliphatic rings. The van der Waals surface area contributed by atoms with Crippen LogP contribution in [0, 0.1) is 0 Å². The van der Waals surface area contributed by atoms with Gasteiger partial charge in [0.05, 0.1) is 0 Å². The number of aliphatic hydroxyl groups excluding tert-OH is 1. The standard InChI is InChI=1S/C17H26N2O14P2/c20-11-3-1-10(2-4-11)7-12(15(22)23)19(13(16(24)25)14(21)17(26)27)6-5-18(8-34(28,29)30)9-35(31,32)33/h1-4,12-14,20-21H,5-9H2,(H,22,23)(H,24,25)(H,26,27)(H2,28,29,30)(H2,31,32,33). The molecule has 0 heterocycles. The van der Waals surface area contributed by atoms with Gasteiger partial charge >= 0.3 is 33.1 Å². The maximum atomic E-state index is 12.1.